The van der Waals surface area contributed by atoms with Gasteiger partial charge in [0.15, 0.2) is 5.69 Å². The summed E-state index contributed by atoms with van der Waals surface area (Å²) < 4.78 is 14.5. The lowest BCUT2D eigenvalue weighted by Crippen LogP contribution is -2.01. The van der Waals surface area contributed by atoms with E-state index >= 15 is 0 Å². The number of methoxy groups -OCH3 is 1. The van der Waals surface area contributed by atoms with Crippen LogP contribution in [0.25, 0.3) is 11.5 Å². The van der Waals surface area contributed by atoms with Crippen molar-refractivity contribution in [3.63, 3.8) is 0 Å². The Bertz CT molecular complexity index is 721. The van der Waals surface area contributed by atoms with Crippen molar-refractivity contribution in [3.8, 4) is 17.3 Å². The number of hydrogen-bond acceptors (Lipinski definition) is 9. The summed E-state index contributed by atoms with van der Waals surface area (Å²) >= 11 is 0. The summed E-state index contributed by atoms with van der Waals surface area (Å²) in [5, 5.41) is 14.2. The van der Waals surface area contributed by atoms with Gasteiger partial charge >= 0.3 is 6.01 Å². The number of rotatable bonds is 5. The van der Waals surface area contributed by atoms with Crippen LogP contribution < -0.4 is 15.8 Å². The van der Waals surface area contributed by atoms with Crippen molar-refractivity contribution in [2.24, 2.45) is 0 Å². The minimum atomic E-state index is -0.0471. The van der Waals surface area contributed by atoms with E-state index in [0.717, 1.165) is 11.3 Å². The summed E-state index contributed by atoms with van der Waals surface area (Å²) in [6, 6.07) is 7.57. The highest BCUT2D eigenvalue weighted by Crippen LogP contribution is 2.22. The summed E-state index contributed by atoms with van der Waals surface area (Å²) in [7, 11) is 1.62. The maximum Gasteiger partial charge on any atom is 0.319 e. The predicted molar refractivity (Wildman–Crippen MR) is 72.3 cm³/mol. The molecule has 0 unspecified atom stereocenters. The van der Waals surface area contributed by atoms with E-state index in [2.05, 4.69) is 30.4 Å². The van der Waals surface area contributed by atoms with Gasteiger partial charge in [0.05, 0.1) is 7.11 Å². The average Bonchev–Trinajstić information content (AvgIpc) is 3.14. The van der Waals surface area contributed by atoms with Crippen molar-refractivity contribution >= 4 is 11.8 Å². The quantitative estimate of drug-likeness (QED) is 0.714. The number of nitrogens with zero attached hydrogens (tertiary/aromatic N) is 4. The Balaban J connectivity index is 1.72. The lowest BCUT2D eigenvalue weighted by atomic mass is 10.2. The third kappa shape index (κ3) is 2.76. The van der Waals surface area contributed by atoms with Crippen LogP contribution in [0, 0.1) is 0 Å². The molecule has 3 N–H and O–H groups in total. The first-order valence-corrected chi connectivity index (χ1v) is 6.05. The van der Waals surface area contributed by atoms with Crippen molar-refractivity contribution < 1.29 is 13.9 Å². The molecule has 0 amide bonds. The first-order valence-electron chi connectivity index (χ1n) is 6.05. The minimum absolute atomic E-state index is 0.0471. The Morgan fingerprint density at radius 2 is 2.00 bits per heavy atom. The summed E-state index contributed by atoms with van der Waals surface area (Å²) in [4.78, 5) is 3.87. The standard InChI is InChI=1S/C12H12N6O3/c1-19-8-4-2-7(3-5-8)6-14-10-9(16-21-18-10)11-15-12(13)20-17-11/h2-5H,6H2,1H3,(H,14,18)(H2,13,15,17). The van der Waals surface area contributed by atoms with Gasteiger partial charge in [-0.05, 0) is 28.0 Å². The zero-order valence-electron chi connectivity index (χ0n) is 11.1. The largest absolute Gasteiger partial charge is 0.497 e. The number of anilines is 2. The number of hydrogen-bond donors (Lipinski definition) is 2. The van der Waals surface area contributed by atoms with E-state index < -0.39 is 0 Å². The molecule has 0 saturated heterocycles. The van der Waals surface area contributed by atoms with E-state index in [9.17, 15) is 0 Å². The van der Waals surface area contributed by atoms with Gasteiger partial charge in [0.2, 0.25) is 11.6 Å². The number of benzene rings is 1. The summed E-state index contributed by atoms with van der Waals surface area (Å²) in [5.74, 6) is 1.42. The SMILES string of the molecule is COc1ccc(CNc2nonc2-c2noc(N)n2)cc1. The normalized spacial score (nSPS) is 10.5. The molecule has 0 spiro atoms. The Morgan fingerprint density at radius 3 is 2.67 bits per heavy atom. The van der Waals surface area contributed by atoms with Crippen LogP contribution in [-0.2, 0) is 6.54 Å². The van der Waals surface area contributed by atoms with Crippen LogP contribution >= 0.6 is 0 Å². The molecule has 3 aromatic rings. The second-order valence-electron chi connectivity index (χ2n) is 4.12. The van der Waals surface area contributed by atoms with Gasteiger partial charge in [-0.3, -0.25) is 0 Å². The smallest absolute Gasteiger partial charge is 0.319 e. The molecule has 0 radical (unpaired) electrons. The first kappa shape index (κ1) is 12.9. The Hall–Kier alpha value is -3.10. The molecule has 0 aliphatic heterocycles. The number of nitrogen functional groups attached to an aromatic ring is 1. The second kappa shape index (κ2) is 5.49. The fourth-order valence-corrected chi connectivity index (χ4v) is 1.71. The van der Waals surface area contributed by atoms with Crippen molar-refractivity contribution in [3.05, 3.63) is 29.8 Å². The fourth-order valence-electron chi connectivity index (χ4n) is 1.71. The van der Waals surface area contributed by atoms with Crippen LogP contribution in [0.3, 0.4) is 0 Å². The van der Waals surface area contributed by atoms with Crippen LogP contribution in [0.5, 0.6) is 5.75 Å². The summed E-state index contributed by atoms with van der Waals surface area (Å²) in [6.45, 7) is 0.526. The molecule has 2 aromatic heterocycles. The van der Waals surface area contributed by atoms with E-state index in [1.807, 2.05) is 24.3 Å². The lowest BCUT2D eigenvalue weighted by Gasteiger charge is -2.04. The van der Waals surface area contributed by atoms with Crippen molar-refractivity contribution in [1.82, 2.24) is 20.5 Å². The number of ether oxygens (including phenoxy) is 1. The molecule has 0 atom stereocenters. The highest BCUT2D eigenvalue weighted by Gasteiger charge is 2.17. The Labute approximate surface area is 119 Å². The molecule has 0 bridgehead atoms. The number of nitrogens with one attached hydrogen (secondary N) is 1. The Morgan fingerprint density at radius 1 is 1.19 bits per heavy atom. The minimum Gasteiger partial charge on any atom is -0.497 e. The van der Waals surface area contributed by atoms with Crippen LogP contribution in [-0.4, -0.2) is 27.6 Å². The van der Waals surface area contributed by atoms with Gasteiger partial charge in [0, 0.05) is 6.54 Å². The van der Waals surface area contributed by atoms with Gasteiger partial charge in [-0.15, -0.1) is 0 Å². The zero-order valence-corrected chi connectivity index (χ0v) is 11.1. The molecule has 108 valence electrons. The third-order valence-electron chi connectivity index (χ3n) is 2.76. The van der Waals surface area contributed by atoms with Crippen molar-refractivity contribution in [1.29, 1.82) is 0 Å². The van der Waals surface area contributed by atoms with E-state index in [1.54, 1.807) is 7.11 Å². The second-order valence-corrected chi connectivity index (χ2v) is 4.12. The first-order chi connectivity index (χ1) is 10.3. The van der Waals surface area contributed by atoms with Gasteiger partial charge in [-0.1, -0.05) is 17.3 Å². The topological polar surface area (TPSA) is 125 Å². The van der Waals surface area contributed by atoms with Crippen LogP contribution in [0.4, 0.5) is 11.8 Å². The van der Waals surface area contributed by atoms with Gasteiger partial charge in [-0.2, -0.15) is 4.98 Å². The van der Waals surface area contributed by atoms with E-state index in [1.165, 1.54) is 0 Å². The molecular weight excluding hydrogens is 276 g/mol. The van der Waals surface area contributed by atoms with Gasteiger partial charge in [0.25, 0.3) is 0 Å². The van der Waals surface area contributed by atoms with Gasteiger partial charge in [0.1, 0.15) is 5.75 Å². The molecule has 9 nitrogen and oxygen atoms in total. The summed E-state index contributed by atoms with van der Waals surface area (Å²) in [5.41, 5.74) is 6.75. The van der Waals surface area contributed by atoms with E-state index in [-0.39, 0.29) is 11.8 Å². The highest BCUT2D eigenvalue weighted by atomic mass is 16.6. The molecule has 0 aliphatic rings. The number of nitrogens with two attached hydrogens (primary N) is 1. The molecule has 0 fully saturated rings. The average molecular weight is 288 g/mol. The molecule has 2 heterocycles. The maximum atomic E-state index is 5.38. The van der Waals surface area contributed by atoms with E-state index in [0.29, 0.717) is 18.1 Å². The monoisotopic (exact) mass is 288 g/mol. The fraction of sp³-hybridized carbons (Fsp3) is 0.167. The Kier molecular flexibility index (Phi) is 3.37. The summed E-state index contributed by atoms with van der Waals surface area (Å²) in [6.07, 6.45) is 0. The van der Waals surface area contributed by atoms with Crippen LogP contribution in [0.15, 0.2) is 33.4 Å². The third-order valence-corrected chi connectivity index (χ3v) is 2.76. The van der Waals surface area contributed by atoms with E-state index in [4.69, 9.17) is 15.0 Å². The molecule has 0 saturated carbocycles. The molecule has 9 heteroatoms. The molecule has 1 aromatic carbocycles. The van der Waals surface area contributed by atoms with Crippen LogP contribution in [0.1, 0.15) is 5.56 Å². The predicted octanol–water partition coefficient (Wildman–Crippen LogP) is 1.32. The van der Waals surface area contributed by atoms with Crippen molar-refractivity contribution in [2.75, 3.05) is 18.2 Å². The molecule has 0 aliphatic carbocycles. The van der Waals surface area contributed by atoms with Gasteiger partial charge < -0.3 is 20.3 Å². The molecular formula is C12H12N6O3. The van der Waals surface area contributed by atoms with Crippen LogP contribution in [0.2, 0.25) is 0 Å². The lowest BCUT2D eigenvalue weighted by molar-refractivity contribution is 0.309. The number of aromatic nitrogens is 4. The maximum absolute atomic E-state index is 5.38. The molecule has 3 rings (SSSR count). The van der Waals surface area contributed by atoms with Crippen molar-refractivity contribution in [2.45, 2.75) is 6.54 Å². The molecule has 21 heavy (non-hydrogen) atoms. The highest BCUT2D eigenvalue weighted by molar-refractivity contribution is 5.64. The van der Waals surface area contributed by atoms with Gasteiger partial charge in [-0.25, -0.2) is 4.63 Å². The zero-order chi connectivity index (χ0) is 14.7.